The van der Waals surface area contributed by atoms with E-state index in [-0.39, 0.29) is 48.3 Å². The zero-order valence-electron chi connectivity index (χ0n) is 16.2. The van der Waals surface area contributed by atoms with Gasteiger partial charge in [-0.2, -0.15) is 0 Å². The van der Waals surface area contributed by atoms with Crippen molar-refractivity contribution in [3.8, 4) is 5.75 Å². The number of hydrogen-bond donors (Lipinski definition) is 2. The van der Waals surface area contributed by atoms with Crippen molar-refractivity contribution in [1.82, 2.24) is 10.6 Å². The Morgan fingerprint density at radius 3 is 2.68 bits per heavy atom. The molecule has 0 aromatic heterocycles. The number of anilines is 1. The summed E-state index contributed by atoms with van der Waals surface area (Å²) in [4.78, 5) is 14.1. The molecule has 0 bridgehead atoms. The first kappa shape index (κ1) is 22.9. The fourth-order valence-corrected chi connectivity index (χ4v) is 3.48. The number of rotatable bonds is 4. The molecule has 4 rings (SSSR count). The van der Waals surface area contributed by atoms with E-state index in [1.165, 1.54) is 35.4 Å². The van der Waals surface area contributed by atoms with Crippen LogP contribution in [0.1, 0.15) is 12.0 Å². The highest BCUT2D eigenvalue weighted by Gasteiger charge is 2.31. The van der Waals surface area contributed by atoms with Gasteiger partial charge in [-0.15, -0.1) is 12.4 Å². The third-order valence-corrected chi connectivity index (χ3v) is 5.06. The van der Waals surface area contributed by atoms with Crippen molar-refractivity contribution in [1.29, 1.82) is 0 Å². The van der Waals surface area contributed by atoms with Gasteiger partial charge in [0, 0.05) is 12.1 Å². The zero-order chi connectivity index (χ0) is 21.3. The number of alkyl halides is 1. The normalized spacial score (nSPS) is 20.1. The number of nitrogens with one attached hydrogen (secondary N) is 2. The van der Waals surface area contributed by atoms with E-state index in [4.69, 9.17) is 4.74 Å². The fraction of sp³-hybridized carbons (Fsp3) is 0.286. The topological polar surface area (TPSA) is 53.6 Å². The lowest BCUT2D eigenvalue weighted by Gasteiger charge is -2.31. The molecule has 2 aliphatic rings. The van der Waals surface area contributed by atoms with Crippen LogP contribution in [0.3, 0.4) is 0 Å². The first-order chi connectivity index (χ1) is 14.4. The third kappa shape index (κ3) is 4.77. The van der Waals surface area contributed by atoms with Crippen LogP contribution in [0.5, 0.6) is 5.75 Å². The monoisotopic (exact) mass is 457 g/mol. The van der Waals surface area contributed by atoms with Gasteiger partial charge < -0.3 is 20.3 Å². The molecule has 166 valence electrons. The molecule has 1 fully saturated rings. The number of para-hydroxylation sites is 1. The molecule has 0 spiro atoms. The van der Waals surface area contributed by atoms with Gasteiger partial charge in [-0.25, -0.2) is 17.6 Å². The van der Waals surface area contributed by atoms with E-state index >= 15 is 0 Å². The molecule has 2 atom stereocenters. The highest BCUT2D eigenvalue weighted by molar-refractivity contribution is 5.93. The number of nitrogens with zero attached hydrogens (tertiary/aromatic N) is 1. The molecular formula is C21H20ClF4N3O2. The number of amides is 1. The fourth-order valence-electron chi connectivity index (χ4n) is 3.48. The Hall–Kier alpha value is -2.78. The van der Waals surface area contributed by atoms with Gasteiger partial charge in [-0.1, -0.05) is 18.2 Å². The molecule has 31 heavy (non-hydrogen) atoms. The number of benzene rings is 2. The van der Waals surface area contributed by atoms with Gasteiger partial charge in [0.1, 0.15) is 6.17 Å². The quantitative estimate of drug-likeness (QED) is 0.689. The van der Waals surface area contributed by atoms with Crippen LogP contribution in [-0.4, -0.2) is 31.2 Å². The zero-order valence-corrected chi connectivity index (χ0v) is 17.0. The van der Waals surface area contributed by atoms with Crippen LogP contribution in [0.15, 0.2) is 48.4 Å². The summed E-state index contributed by atoms with van der Waals surface area (Å²) in [5.41, 5.74) is 0.269. The van der Waals surface area contributed by atoms with Crippen molar-refractivity contribution in [2.75, 3.05) is 18.0 Å². The SMILES string of the molecule is Cl.O=C(NC1CCNCC1F)C1=CN(Cc2cccc(F)c2F)c2cccc(F)c2O1. The number of fused-ring (bicyclic) bond motifs is 1. The second-order valence-corrected chi connectivity index (χ2v) is 7.11. The van der Waals surface area contributed by atoms with Crippen LogP contribution in [0, 0.1) is 17.5 Å². The van der Waals surface area contributed by atoms with E-state index < -0.39 is 35.6 Å². The molecule has 2 heterocycles. The molecular weight excluding hydrogens is 438 g/mol. The van der Waals surface area contributed by atoms with E-state index in [9.17, 15) is 22.4 Å². The van der Waals surface area contributed by atoms with Crippen molar-refractivity contribution in [2.45, 2.75) is 25.2 Å². The molecule has 2 aromatic rings. The molecule has 5 nitrogen and oxygen atoms in total. The van der Waals surface area contributed by atoms with Gasteiger partial charge in [0.2, 0.25) is 5.76 Å². The number of ether oxygens (including phenoxy) is 1. The molecule has 0 radical (unpaired) electrons. The lowest BCUT2D eigenvalue weighted by molar-refractivity contribution is -0.121. The summed E-state index contributed by atoms with van der Waals surface area (Å²) >= 11 is 0. The van der Waals surface area contributed by atoms with Crippen LogP contribution < -0.4 is 20.3 Å². The average molecular weight is 458 g/mol. The minimum atomic E-state index is -1.27. The second-order valence-electron chi connectivity index (χ2n) is 7.11. The van der Waals surface area contributed by atoms with Gasteiger partial charge in [0.25, 0.3) is 5.91 Å². The molecule has 2 aliphatic heterocycles. The lowest BCUT2D eigenvalue weighted by atomic mass is 10.0. The van der Waals surface area contributed by atoms with Crippen molar-refractivity contribution < 1.29 is 27.1 Å². The first-order valence-electron chi connectivity index (χ1n) is 9.47. The lowest BCUT2D eigenvalue weighted by Crippen LogP contribution is -2.51. The minimum absolute atomic E-state index is 0. The summed E-state index contributed by atoms with van der Waals surface area (Å²) in [6, 6.07) is 7.16. The number of hydrogen-bond acceptors (Lipinski definition) is 4. The average Bonchev–Trinajstić information content (AvgIpc) is 2.73. The summed E-state index contributed by atoms with van der Waals surface area (Å²) in [5, 5.41) is 5.45. The van der Waals surface area contributed by atoms with Crippen molar-refractivity contribution >= 4 is 24.0 Å². The molecule has 1 saturated heterocycles. The Labute approximate surface area is 182 Å². The Balaban J connectivity index is 0.00000272. The van der Waals surface area contributed by atoms with Crippen LogP contribution in [0.4, 0.5) is 23.2 Å². The maximum Gasteiger partial charge on any atom is 0.288 e. The molecule has 2 aromatic carbocycles. The van der Waals surface area contributed by atoms with Crippen molar-refractivity contribution in [3.63, 3.8) is 0 Å². The number of carbonyl (C=O) groups is 1. The van der Waals surface area contributed by atoms with Gasteiger partial charge >= 0.3 is 0 Å². The Morgan fingerprint density at radius 2 is 1.90 bits per heavy atom. The Bertz CT molecular complexity index is 1000. The largest absolute Gasteiger partial charge is 0.445 e. The van der Waals surface area contributed by atoms with Gasteiger partial charge in [0.05, 0.1) is 24.5 Å². The molecule has 10 heteroatoms. The van der Waals surface area contributed by atoms with Crippen molar-refractivity contribution in [3.05, 3.63) is 71.4 Å². The van der Waals surface area contributed by atoms with Crippen LogP contribution in [-0.2, 0) is 11.3 Å². The molecule has 0 saturated carbocycles. The molecule has 1 amide bonds. The van der Waals surface area contributed by atoms with Crippen molar-refractivity contribution in [2.24, 2.45) is 0 Å². The predicted molar refractivity (Wildman–Crippen MR) is 109 cm³/mol. The maximum absolute atomic E-state index is 14.4. The summed E-state index contributed by atoms with van der Waals surface area (Å²) in [5.74, 6) is -3.97. The second kappa shape index (κ2) is 9.57. The summed E-state index contributed by atoms with van der Waals surface area (Å²) in [7, 11) is 0. The summed E-state index contributed by atoms with van der Waals surface area (Å²) < 4.78 is 61.6. The number of piperidine rings is 1. The smallest absolute Gasteiger partial charge is 0.288 e. The summed E-state index contributed by atoms with van der Waals surface area (Å²) in [6.45, 7) is 0.500. The molecule has 0 aliphatic carbocycles. The van der Waals surface area contributed by atoms with Gasteiger partial charge in [-0.05, 0) is 31.2 Å². The van der Waals surface area contributed by atoms with E-state index in [2.05, 4.69) is 10.6 Å². The van der Waals surface area contributed by atoms with E-state index in [0.29, 0.717) is 13.0 Å². The van der Waals surface area contributed by atoms with E-state index in [1.807, 2.05) is 0 Å². The van der Waals surface area contributed by atoms with Crippen LogP contribution in [0.2, 0.25) is 0 Å². The molecule has 2 N–H and O–H groups in total. The Kier molecular flexibility index (Phi) is 7.07. The minimum Gasteiger partial charge on any atom is -0.445 e. The van der Waals surface area contributed by atoms with E-state index in [1.54, 1.807) is 0 Å². The molecule has 2 unspecified atom stereocenters. The predicted octanol–water partition coefficient (Wildman–Crippen LogP) is 3.58. The maximum atomic E-state index is 14.4. The highest BCUT2D eigenvalue weighted by Crippen LogP contribution is 2.37. The number of carbonyl (C=O) groups excluding carboxylic acids is 1. The summed E-state index contributed by atoms with van der Waals surface area (Å²) in [6.07, 6.45) is 0.396. The van der Waals surface area contributed by atoms with Crippen LogP contribution >= 0.6 is 12.4 Å². The number of halogens is 5. The van der Waals surface area contributed by atoms with E-state index in [0.717, 1.165) is 12.1 Å². The Morgan fingerprint density at radius 1 is 1.16 bits per heavy atom. The first-order valence-corrected chi connectivity index (χ1v) is 9.47. The standard InChI is InChI=1S/C21H19F4N3O2.ClH/c22-13-4-1-3-12(19(13)25)10-28-11-18(30-20-14(23)5-2-6-17(20)28)21(29)27-16-7-8-26-9-15(16)24;/h1-6,11,15-16,26H,7-10H2,(H,27,29);1H. The van der Waals surface area contributed by atoms with Gasteiger partial charge in [0.15, 0.2) is 23.2 Å². The third-order valence-electron chi connectivity index (χ3n) is 5.06. The highest BCUT2D eigenvalue weighted by atomic mass is 35.5. The van der Waals surface area contributed by atoms with Gasteiger partial charge in [-0.3, -0.25) is 4.79 Å². The van der Waals surface area contributed by atoms with Crippen LogP contribution in [0.25, 0.3) is 0 Å².